The smallest absolute Gasteiger partial charge is 0.243 e. The maximum absolute atomic E-state index is 6.01. The highest BCUT2D eigenvalue weighted by Gasteiger charge is 2.14. The molecule has 1 aromatic carbocycles. The molecule has 2 N–H and O–H groups in total. The van der Waals surface area contributed by atoms with Gasteiger partial charge in [-0.05, 0) is 37.0 Å². The largest absolute Gasteiger partial charge is 0.338 e. The molecule has 20 heavy (non-hydrogen) atoms. The van der Waals surface area contributed by atoms with E-state index in [-0.39, 0.29) is 6.04 Å². The Morgan fingerprint density at radius 1 is 1.35 bits per heavy atom. The Kier molecular flexibility index (Phi) is 5.94. The van der Waals surface area contributed by atoms with Crippen LogP contribution >= 0.6 is 23.5 Å². The van der Waals surface area contributed by atoms with E-state index in [2.05, 4.69) is 35.5 Å². The minimum absolute atomic E-state index is 0.160. The number of benzene rings is 1. The molecule has 0 aliphatic heterocycles. The van der Waals surface area contributed by atoms with Gasteiger partial charge in [0.05, 0.1) is 11.8 Å². The van der Waals surface area contributed by atoms with Crippen molar-refractivity contribution in [3.05, 3.63) is 41.5 Å². The summed E-state index contributed by atoms with van der Waals surface area (Å²) in [5.41, 5.74) is 7.27. The van der Waals surface area contributed by atoms with Crippen LogP contribution in [0.5, 0.6) is 0 Å². The fourth-order valence-electron chi connectivity index (χ4n) is 1.71. The molecular formula is C14H19N3OS2. The molecule has 0 aliphatic carbocycles. The van der Waals surface area contributed by atoms with Crippen LogP contribution in [0.15, 0.2) is 33.7 Å². The van der Waals surface area contributed by atoms with Crippen molar-refractivity contribution in [1.29, 1.82) is 0 Å². The summed E-state index contributed by atoms with van der Waals surface area (Å²) in [6.45, 7) is 2.10. The molecule has 1 atom stereocenters. The third kappa shape index (κ3) is 4.26. The predicted molar refractivity (Wildman–Crippen MR) is 85.0 cm³/mol. The molecule has 0 unspecified atom stereocenters. The van der Waals surface area contributed by atoms with Crippen LogP contribution in [0.4, 0.5) is 0 Å². The van der Waals surface area contributed by atoms with Gasteiger partial charge in [-0.2, -0.15) is 16.7 Å². The van der Waals surface area contributed by atoms with Gasteiger partial charge in [0.1, 0.15) is 0 Å². The molecule has 0 radical (unpaired) electrons. The quantitative estimate of drug-likeness (QED) is 0.791. The third-order valence-electron chi connectivity index (χ3n) is 2.88. The zero-order chi connectivity index (χ0) is 14.4. The van der Waals surface area contributed by atoms with E-state index in [0.29, 0.717) is 17.5 Å². The van der Waals surface area contributed by atoms with Crippen LogP contribution in [0, 0.1) is 6.92 Å². The lowest BCUT2D eigenvalue weighted by atomic mass is 10.2. The lowest BCUT2D eigenvalue weighted by Gasteiger charge is -2.04. The second kappa shape index (κ2) is 7.71. The van der Waals surface area contributed by atoms with Crippen molar-refractivity contribution >= 4 is 23.5 Å². The van der Waals surface area contributed by atoms with Crippen molar-refractivity contribution in [3.63, 3.8) is 0 Å². The molecule has 108 valence electrons. The lowest BCUT2D eigenvalue weighted by molar-refractivity contribution is 0.350. The van der Waals surface area contributed by atoms with Crippen molar-refractivity contribution < 1.29 is 4.52 Å². The molecule has 0 fully saturated rings. The minimum atomic E-state index is -0.160. The highest BCUT2D eigenvalue weighted by molar-refractivity contribution is 7.98. The first-order valence-corrected chi connectivity index (χ1v) is 8.84. The second-order valence-corrected chi connectivity index (χ2v) is 6.49. The van der Waals surface area contributed by atoms with Gasteiger partial charge in [-0.15, -0.1) is 11.8 Å². The van der Waals surface area contributed by atoms with Gasteiger partial charge in [-0.1, -0.05) is 23.4 Å². The van der Waals surface area contributed by atoms with Gasteiger partial charge in [-0.3, -0.25) is 0 Å². The van der Waals surface area contributed by atoms with Gasteiger partial charge in [0, 0.05) is 4.90 Å². The predicted octanol–water partition coefficient (Wildman–Crippen LogP) is 3.42. The zero-order valence-corrected chi connectivity index (χ0v) is 13.3. The number of rotatable bonds is 7. The fourth-order valence-corrected chi connectivity index (χ4v) is 3.07. The summed E-state index contributed by atoms with van der Waals surface area (Å²) in [4.78, 5) is 5.62. The molecule has 0 bridgehead atoms. The normalized spacial score (nSPS) is 12.6. The van der Waals surface area contributed by atoms with E-state index in [0.717, 1.165) is 12.2 Å². The molecule has 0 amide bonds. The molecule has 4 nitrogen and oxygen atoms in total. The molecule has 0 saturated heterocycles. The maximum Gasteiger partial charge on any atom is 0.243 e. The van der Waals surface area contributed by atoms with Crippen LogP contribution in [0.25, 0.3) is 0 Å². The number of aromatic nitrogens is 2. The summed E-state index contributed by atoms with van der Waals surface area (Å²) in [6, 6.07) is 8.12. The van der Waals surface area contributed by atoms with Gasteiger partial charge >= 0.3 is 0 Å². The number of nitrogens with zero attached hydrogens (tertiary/aromatic N) is 2. The number of thioether (sulfide) groups is 2. The first-order valence-electron chi connectivity index (χ1n) is 6.46. The number of hydrogen-bond acceptors (Lipinski definition) is 6. The molecule has 2 rings (SSSR count). The molecule has 0 aliphatic rings. The van der Waals surface area contributed by atoms with Gasteiger partial charge in [0.25, 0.3) is 0 Å². The molecule has 2 aromatic rings. The Balaban J connectivity index is 1.91. The number of hydrogen-bond donors (Lipinski definition) is 1. The summed E-state index contributed by atoms with van der Waals surface area (Å²) in [5, 5.41) is 4.00. The SMILES string of the molecule is CSCC[C@H](N)c1nc(CSc2ccccc2C)no1. The Bertz CT molecular complexity index is 545. The van der Waals surface area contributed by atoms with E-state index < -0.39 is 0 Å². The Morgan fingerprint density at radius 3 is 2.90 bits per heavy atom. The van der Waals surface area contributed by atoms with Crippen molar-refractivity contribution in [2.24, 2.45) is 5.73 Å². The summed E-state index contributed by atoms with van der Waals surface area (Å²) in [6.07, 6.45) is 2.92. The van der Waals surface area contributed by atoms with Crippen LogP contribution in [0.1, 0.15) is 29.7 Å². The van der Waals surface area contributed by atoms with Crippen LogP contribution < -0.4 is 5.73 Å². The Morgan fingerprint density at radius 2 is 2.15 bits per heavy atom. The molecule has 1 heterocycles. The zero-order valence-electron chi connectivity index (χ0n) is 11.7. The minimum Gasteiger partial charge on any atom is -0.338 e. The van der Waals surface area contributed by atoms with Crippen molar-refractivity contribution in [2.45, 2.75) is 30.0 Å². The van der Waals surface area contributed by atoms with Crippen LogP contribution in [-0.2, 0) is 5.75 Å². The monoisotopic (exact) mass is 309 g/mol. The molecule has 6 heteroatoms. The van der Waals surface area contributed by atoms with Crippen LogP contribution in [0.2, 0.25) is 0 Å². The van der Waals surface area contributed by atoms with E-state index in [9.17, 15) is 0 Å². The van der Waals surface area contributed by atoms with Gasteiger partial charge < -0.3 is 10.3 Å². The van der Waals surface area contributed by atoms with E-state index >= 15 is 0 Å². The van der Waals surface area contributed by atoms with E-state index in [4.69, 9.17) is 10.3 Å². The van der Waals surface area contributed by atoms with Gasteiger partial charge in [0.15, 0.2) is 5.82 Å². The lowest BCUT2D eigenvalue weighted by Crippen LogP contribution is -2.11. The summed E-state index contributed by atoms with van der Waals surface area (Å²) < 4.78 is 5.23. The van der Waals surface area contributed by atoms with Crippen molar-refractivity contribution in [1.82, 2.24) is 10.1 Å². The highest BCUT2D eigenvalue weighted by Crippen LogP contribution is 2.25. The fraction of sp³-hybridized carbons (Fsp3) is 0.429. The third-order valence-corrected chi connectivity index (χ3v) is 4.70. The number of nitrogens with two attached hydrogens (primary N) is 1. The molecule has 0 saturated carbocycles. The van der Waals surface area contributed by atoms with Crippen molar-refractivity contribution in [3.8, 4) is 0 Å². The summed E-state index contributed by atoms with van der Waals surface area (Å²) in [7, 11) is 0. The average Bonchev–Trinajstić information content (AvgIpc) is 2.93. The average molecular weight is 309 g/mol. The highest BCUT2D eigenvalue weighted by atomic mass is 32.2. The molecule has 0 spiro atoms. The van der Waals surface area contributed by atoms with Crippen molar-refractivity contribution in [2.75, 3.05) is 12.0 Å². The van der Waals surface area contributed by atoms with Crippen LogP contribution in [0.3, 0.4) is 0 Å². The summed E-state index contributed by atoms with van der Waals surface area (Å²) in [5.74, 6) is 2.94. The van der Waals surface area contributed by atoms with Crippen LogP contribution in [-0.4, -0.2) is 22.1 Å². The van der Waals surface area contributed by atoms with E-state index in [1.807, 2.05) is 12.1 Å². The van der Waals surface area contributed by atoms with Gasteiger partial charge in [0.2, 0.25) is 5.89 Å². The second-order valence-electron chi connectivity index (χ2n) is 4.49. The van der Waals surface area contributed by atoms with E-state index in [1.54, 1.807) is 23.5 Å². The van der Waals surface area contributed by atoms with E-state index in [1.165, 1.54) is 10.5 Å². The molecular weight excluding hydrogens is 290 g/mol. The standard InChI is InChI=1S/C14H19N3OS2/c1-10-5-3-4-6-12(10)20-9-13-16-14(18-17-13)11(15)7-8-19-2/h3-6,11H,7-9,15H2,1-2H3/t11-/m0/s1. The Hall–Kier alpha value is -0.980. The molecule has 1 aromatic heterocycles. The maximum atomic E-state index is 6.01. The topological polar surface area (TPSA) is 64.9 Å². The first kappa shape index (κ1) is 15.4. The number of aryl methyl sites for hydroxylation is 1. The first-order chi connectivity index (χ1) is 9.70. The summed E-state index contributed by atoms with van der Waals surface area (Å²) >= 11 is 3.48. The Labute approximate surface area is 127 Å². The van der Waals surface area contributed by atoms with Gasteiger partial charge in [-0.25, -0.2) is 0 Å².